The highest BCUT2D eigenvalue weighted by Crippen LogP contribution is 2.32. The first-order valence-electron chi connectivity index (χ1n) is 6.95. The van der Waals surface area contributed by atoms with Crippen LogP contribution in [0.5, 0.6) is 0 Å². The van der Waals surface area contributed by atoms with Crippen LogP contribution in [0.25, 0.3) is 27.8 Å². The quantitative estimate of drug-likeness (QED) is 0.472. The van der Waals surface area contributed by atoms with Gasteiger partial charge < -0.3 is 0 Å². The molecule has 2 aromatic heterocycles. The van der Waals surface area contributed by atoms with Crippen LogP contribution in [0.4, 0.5) is 4.39 Å². The van der Waals surface area contributed by atoms with Crippen molar-refractivity contribution >= 4 is 28.3 Å². The number of aromatic nitrogens is 2. The van der Waals surface area contributed by atoms with E-state index in [2.05, 4.69) is 11.1 Å². The van der Waals surface area contributed by atoms with Gasteiger partial charge >= 0.3 is 0 Å². The van der Waals surface area contributed by atoms with Crippen LogP contribution >= 0.6 is 11.6 Å². The molecule has 4 aromatic rings. The van der Waals surface area contributed by atoms with Gasteiger partial charge in [0, 0.05) is 5.56 Å². The molecule has 0 fully saturated rings. The molecule has 0 N–H and O–H groups in total. The van der Waals surface area contributed by atoms with E-state index in [0.29, 0.717) is 27.5 Å². The van der Waals surface area contributed by atoms with Crippen molar-refractivity contribution in [3.63, 3.8) is 0 Å². The summed E-state index contributed by atoms with van der Waals surface area (Å²) < 4.78 is 15.3. The summed E-state index contributed by atoms with van der Waals surface area (Å²) in [6.45, 7) is 0. The molecule has 0 amide bonds. The maximum absolute atomic E-state index is 13.5. The number of para-hydroxylation sites is 2. The zero-order chi connectivity index (χ0) is 16.0. The molecule has 110 valence electrons. The van der Waals surface area contributed by atoms with E-state index in [0.717, 1.165) is 11.0 Å². The number of pyridine rings is 1. The Morgan fingerprint density at radius 3 is 2.70 bits per heavy atom. The smallest absolute Gasteiger partial charge is 0.157 e. The number of imidazole rings is 1. The van der Waals surface area contributed by atoms with Crippen molar-refractivity contribution in [2.45, 2.75) is 0 Å². The van der Waals surface area contributed by atoms with Crippen molar-refractivity contribution < 1.29 is 4.39 Å². The Morgan fingerprint density at radius 1 is 1.09 bits per heavy atom. The first kappa shape index (κ1) is 13.7. The molecular weight excluding hydrogens is 313 g/mol. The molecular formula is C18H9ClFN3. The van der Waals surface area contributed by atoms with Crippen molar-refractivity contribution in [1.29, 1.82) is 5.26 Å². The lowest BCUT2D eigenvalue weighted by molar-refractivity contribution is 0.628. The number of rotatable bonds is 1. The highest BCUT2D eigenvalue weighted by atomic mass is 35.5. The molecule has 0 bridgehead atoms. The van der Waals surface area contributed by atoms with Crippen LogP contribution in [0.3, 0.4) is 0 Å². The number of hydrogen-bond donors (Lipinski definition) is 0. The van der Waals surface area contributed by atoms with Crippen LogP contribution in [0, 0.1) is 17.1 Å². The second-order valence-corrected chi connectivity index (χ2v) is 5.52. The van der Waals surface area contributed by atoms with Crippen molar-refractivity contribution in [2.75, 3.05) is 0 Å². The van der Waals surface area contributed by atoms with Gasteiger partial charge in [0.05, 0.1) is 11.0 Å². The van der Waals surface area contributed by atoms with Gasteiger partial charge in [-0.3, -0.25) is 4.40 Å². The third-order valence-corrected chi connectivity index (χ3v) is 4.06. The summed E-state index contributed by atoms with van der Waals surface area (Å²) in [7, 11) is 0. The maximum atomic E-state index is 13.5. The van der Waals surface area contributed by atoms with E-state index in [1.807, 2.05) is 24.3 Å². The van der Waals surface area contributed by atoms with E-state index < -0.39 is 0 Å². The average molecular weight is 322 g/mol. The summed E-state index contributed by atoms with van der Waals surface area (Å²) >= 11 is 6.42. The van der Waals surface area contributed by atoms with Gasteiger partial charge in [0.1, 0.15) is 22.6 Å². The largest absolute Gasteiger partial charge is 0.282 e. The Morgan fingerprint density at radius 2 is 1.91 bits per heavy atom. The topological polar surface area (TPSA) is 41.1 Å². The second kappa shape index (κ2) is 5.08. The monoisotopic (exact) mass is 321 g/mol. The van der Waals surface area contributed by atoms with Gasteiger partial charge in [0.2, 0.25) is 0 Å². The lowest BCUT2D eigenvalue weighted by Gasteiger charge is -2.08. The molecule has 23 heavy (non-hydrogen) atoms. The SMILES string of the molecule is N#Cc1c(-c2cccc(F)c2)cc(Cl)n2c1nc1ccccc12. The molecule has 2 aromatic carbocycles. The summed E-state index contributed by atoms with van der Waals surface area (Å²) in [5.74, 6) is -0.365. The molecule has 0 saturated heterocycles. The van der Waals surface area contributed by atoms with Gasteiger partial charge in [0.25, 0.3) is 0 Å². The normalized spacial score (nSPS) is 11.0. The minimum atomic E-state index is -0.365. The predicted octanol–water partition coefficient (Wildman–Crippen LogP) is 4.82. The van der Waals surface area contributed by atoms with E-state index >= 15 is 0 Å². The molecule has 0 aliphatic carbocycles. The van der Waals surface area contributed by atoms with Gasteiger partial charge in [-0.25, -0.2) is 9.37 Å². The average Bonchev–Trinajstić information content (AvgIpc) is 2.94. The Hall–Kier alpha value is -2.90. The van der Waals surface area contributed by atoms with E-state index in [1.165, 1.54) is 12.1 Å². The number of hydrogen-bond acceptors (Lipinski definition) is 2. The lowest BCUT2D eigenvalue weighted by Crippen LogP contribution is -1.95. The number of nitriles is 1. The zero-order valence-electron chi connectivity index (χ0n) is 11.8. The Labute approximate surface area is 136 Å². The standard InChI is InChI=1S/C18H9ClFN3/c19-17-9-13(11-4-3-5-12(20)8-11)14(10-21)18-22-15-6-1-2-7-16(15)23(17)18/h1-9H. The fourth-order valence-corrected chi connectivity index (χ4v) is 3.06. The highest BCUT2D eigenvalue weighted by Gasteiger charge is 2.17. The third kappa shape index (κ3) is 2.06. The zero-order valence-corrected chi connectivity index (χ0v) is 12.5. The lowest BCUT2D eigenvalue weighted by atomic mass is 10.0. The Balaban J connectivity index is 2.15. The third-order valence-electron chi connectivity index (χ3n) is 3.78. The molecule has 0 spiro atoms. The van der Waals surface area contributed by atoms with Crippen LogP contribution < -0.4 is 0 Å². The second-order valence-electron chi connectivity index (χ2n) is 5.14. The summed E-state index contributed by atoms with van der Waals surface area (Å²) in [6.07, 6.45) is 0. The fraction of sp³-hybridized carbons (Fsp3) is 0. The van der Waals surface area contributed by atoms with Gasteiger partial charge in [-0.15, -0.1) is 0 Å². The Bertz CT molecular complexity index is 1110. The van der Waals surface area contributed by atoms with Crippen LogP contribution in [-0.4, -0.2) is 9.38 Å². The summed E-state index contributed by atoms with van der Waals surface area (Å²) in [5, 5.41) is 10.0. The summed E-state index contributed by atoms with van der Waals surface area (Å²) in [4.78, 5) is 4.52. The van der Waals surface area contributed by atoms with E-state index in [9.17, 15) is 9.65 Å². The van der Waals surface area contributed by atoms with Crippen molar-refractivity contribution in [3.05, 3.63) is 71.1 Å². The highest BCUT2D eigenvalue weighted by molar-refractivity contribution is 6.30. The first-order valence-corrected chi connectivity index (χ1v) is 7.32. The van der Waals surface area contributed by atoms with Crippen LogP contribution in [0.1, 0.15) is 5.56 Å². The summed E-state index contributed by atoms with van der Waals surface area (Å²) in [6, 6.07) is 17.5. The van der Waals surface area contributed by atoms with Gasteiger partial charge in [-0.2, -0.15) is 5.26 Å². The molecule has 3 nitrogen and oxygen atoms in total. The molecule has 2 heterocycles. The first-order chi connectivity index (χ1) is 11.2. The molecule has 0 saturated carbocycles. The summed E-state index contributed by atoms with van der Waals surface area (Å²) in [5.41, 5.74) is 3.59. The van der Waals surface area contributed by atoms with Crippen molar-refractivity contribution in [3.8, 4) is 17.2 Å². The van der Waals surface area contributed by atoms with Gasteiger partial charge in [0.15, 0.2) is 5.65 Å². The van der Waals surface area contributed by atoms with Crippen LogP contribution in [0.2, 0.25) is 5.15 Å². The Kier molecular flexibility index (Phi) is 3.03. The van der Waals surface area contributed by atoms with Gasteiger partial charge in [-0.1, -0.05) is 35.9 Å². The molecule has 0 unspecified atom stereocenters. The molecule has 5 heteroatoms. The van der Waals surface area contributed by atoms with Crippen molar-refractivity contribution in [1.82, 2.24) is 9.38 Å². The molecule has 4 rings (SSSR count). The molecule has 0 radical (unpaired) electrons. The van der Waals surface area contributed by atoms with Crippen LogP contribution in [-0.2, 0) is 0 Å². The van der Waals surface area contributed by atoms with Gasteiger partial charge in [-0.05, 0) is 35.9 Å². The van der Waals surface area contributed by atoms with E-state index in [-0.39, 0.29) is 5.82 Å². The number of fused-ring (bicyclic) bond motifs is 3. The predicted molar refractivity (Wildman–Crippen MR) is 87.8 cm³/mol. The van der Waals surface area contributed by atoms with E-state index in [1.54, 1.807) is 22.6 Å². The molecule has 0 atom stereocenters. The van der Waals surface area contributed by atoms with Crippen LogP contribution in [0.15, 0.2) is 54.6 Å². The fourth-order valence-electron chi connectivity index (χ4n) is 2.78. The number of halogens is 2. The molecule has 0 aliphatic heterocycles. The minimum Gasteiger partial charge on any atom is -0.282 e. The van der Waals surface area contributed by atoms with E-state index in [4.69, 9.17) is 11.6 Å². The maximum Gasteiger partial charge on any atom is 0.157 e. The minimum absolute atomic E-state index is 0.365. The number of nitrogens with zero attached hydrogens (tertiary/aromatic N) is 3. The number of benzene rings is 2. The molecule has 0 aliphatic rings. The van der Waals surface area contributed by atoms with Crippen molar-refractivity contribution in [2.24, 2.45) is 0 Å².